The summed E-state index contributed by atoms with van der Waals surface area (Å²) >= 11 is 0. The predicted octanol–water partition coefficient (Wildman–Crippen LogP) is 4.33. The van der Waals surface area contributed by atoms with E-state index in [4.69, 9.17) is 5.73 Å². The largest absolute Gasteiger partial charge is 0.355 e. The van der Waals surface area contributed by atoms with E-state index in [1.807, 2.05) is 36.5 Å². The molecule has 8 nitrogen and oxygen atoms in total. The molecule has 0 saturated carbocycles. The molecule has 38 heavy (non-hydrogen) atoms. The zero-order valence-corrected chi connectivity index (χ0v) is 22.8. The van der Waals surface area contributed by atoms with Gasteiger partial charge in [-0.2, -0.15) is 4.31 Å². The van der Waals surface area contributed by atoms with E-state index in [9.17, 15) is 8.42 Å². The number of anilines is 2. The number of aromatic amines is 1. The lowest BCUT2D eigenvalue weighted by atomic mass is 9.98. The highest BCUT2D eigenvalue weighted by Crippen LogP contribution is 2.32. The van der Waals surface area contributed by atoms with Crippen molar-refractivity contribution in [2.45, 2.75) is 26.1 Å². The van der Waals surface area contributed by atoms with E-state index in [0.29, 0.717) is 26.1 Å². The molecule has 0 bridgehead atoms. The first-order valence-corrected chi connectivity index (χ1v) is 14.5. The van der Waals surface area contributed by atoms with Crippen molar-refractivity contribution in [1.82, 2.24) is 19.2 Å². The van der Waals surface area contributed by atoms with Crippen LogP contribution in [0.5, 0.6) is 0 Å². The molecule has 1 aliphatic heterocycles. The van der Waals surface area contributed by atoms with Gasteiger partial charge >= 0.3 is 0 Å². The minimum absolute atomic E-state index is 0.395. The second kappa shape index (κ2) is 10.7. The monoisotopic (exact) mass is 530 g/mol. The van der Waals surface area contributed by atoms with E-state index in [0.717, 1.165) is 57.3 Å². The number of fused-ring (bicyclic) bond motifs is 1. The van der Waals surface area contributed by atoms with E-state index >= 15 is 0 Å². The van der Waals surface area contributed by atoms with Gasteiger partial charge in [0.25, 0.3) is 0 Å². The van der Waals surface area contributed by atoms with Crippen LogP contribution < -0.4 is 11.1 Å². The van der Waals surface area contributed by atoms with Crippen LogP contribution in [0.4, 0.5) is 11.4 Å². The summed E-state index contributed by atoms with van der Waals surface area (Å²) < 4.78 is 25.6. The Balaban J connectivity index is 1.40. The SMILES string of the molecule is CN(C)Cc1ccc(-c2cnc(-c3cc(Nc4cccc5c4CCN(S(C)(=O)=O)C5)ccc3CN)[nH]2)cc1. The lowest BCUT2D eigenvalue weighted by molar-refractivity contribution is 0.395. The summed E-state index contributed by atoms with van der Waals surface area (Å²) in [6.07, 6.45) is 3.78. The van der Waals surface area contributed by atoms with Crippen LogP contribution in [0.25, 0.3) is 22.6 Å². The molecule has 4 aromatic rings. The third-order valence-electron chi connectivity index (χ3n) is 6.90. The van der Waals surface area contributed by atoms with Crippen molar-refractivity contribution in [1.29, 1.82) is 0 Å². The number of nitrogens with one attached hydrogen (secondary N) is 2. The molecule has 198 valence electrons. The van der Waals surface area contributed by atoms with Gasteiger partial charge in [-0.05, 0) is 66.5 Å². The highest BCUT2D eigenvalue weighted by molar-refractivity contribution is 7.88. The molecule has 0 unspecified atom stereocenters. The standard InChI is InChI=1S/C29H34N6O2S/c1-34(2)18-20-7-9-21(10-8-20)28-17-31-29(33-28)26-15-24(12-11-22(26)16-30)32-27-6-4-5-23-19-35(38(3,36)37)14-13-25(23)27/h4-12,15,17,32H,13-14,16,18-19,30H2,1-3H3,(H,31,33). The number of rotatable bonds is 8. The summed E-state index contributed by atoms with van der Waals surface area (Å²) in [5.41, 5.74) is 15.4. The maximum Gasteiger partial charge on any atom is 0.211 e. The molecule has 2 heterocycles. The van der Waals surface area contributed by atoms with Gasteiger partial charge in [0.2, 0.25) is 10.0 Å². The van der Waals surface area contributed by atoms with Crippen LogP contribution in [0.15, 0.2) is 66.9 Å². The fraction of sp³-hybridized carbons (Fsp3) is 0.276. The second-order valence-electron chi connectivity index (χ2n) is 10.1. The molecule has 4 N–H and O–H groups in total. The third kappa shape index (κ3) is 5.66. The Morgan fingerprint density at radius 1 is 1.11 bits per heavy atom. The lowest BCUT2D eigenvalue weighted by Gasteiger charge is -2.28. The van der Waals surface area contributed by atoms with Crippen LogP contribution in [-0.4, -0.2) is 54.5 Å². The first kappa shape index (κ1) is 26.1. The summed E-state index contributed by atoms with van der Waals surface area (Å²) in [5.74, 6) is 0.764. The number of sulfonamides is 1. The Kier molecular flexibility index (Phi) is 7.36. The van der Waals surface area contributed by atoms with Crippen molar-refractivity contribution in [2.75, 3.05) is 32.2 Å². The highest BCUT2D eigenvalue weighted by Gasteiger charge is 2.24. The van der Waals surface area contributed by atoms with E-state index in [2.05, 4.69) is 64.6 Å². The number of nitrogens with zero attached hydrogens (tertiary/aromatic N) is 3. The minimum atomic E-state index is -3.22. The van der Waals surface area contributed by atoms with Gasteiger partial charge in [0.05, 0.1) is 18.1 Å². The number of hydrogen-bond acceptors (Lipinski definition) is 6. The van der Waals surface area contributed by atoms with Gasteiger partial charge < -0.3 is 20.9 Å². The van der Waals surface area contributed by atoms with Crippen LogP contribution in [0.3, 0.4) is 0 Å². The molecule has 0 atom stereocenters. The van der Waals surface area contributed by atoms with E-state index < -0.39 is 10.0 Å². The van der Waals surface area contributed by atoms with Gasteiger partial charge in [-0.1, -0.05) is 42.5 Å². The average molecular weight is 531 g/mol. The number of nitrogens with two attached hydrogens (primary N) is 1. The van der Waals surface area contributed by atoms with Gasteiger partial charge in [-0.3, -0.25) is 0 Å². The smallest absolute Gasteiger partial charge is 0.211 e. The molecular weight excluding hydrogens is 496 g/mol. The molecule has 5 rings (SSSR count). The number of hydrogen-bond donors (Lipinski definition) is 3. The van der Waals surface area contributed by atoms with Crippen LogP contribution in [0, 0.1) is 0 Å². The minimum Gasteiger partial charge on any atom is -0.355 e. The topological polar surface area (TPSA) is 107 Å². The summed E-state index contributed by atoms with van der Waals surface area (Å²) in [6, 6.07) is 20.6. The Labute approximate surface area is 224 Å². The maximum absolute atomic E-state index is 12.0. The van der Waals surface area contributed by atoms with Crippen LogP contribution in [0.1, 0.15) is 22.3 Å². The third-order valence-corrected chi connectivity index (χ3v) is 8.15. The fourth-order valence-corrected chi connectivity index (χ4v) is 5.75. The van der Waals surface area contributed by atoms with Gasteiger partial charge in [0.15, 0.2) is 0 Å². The average Bonchev–Trinajstić information content (AvgIpc) is 3.38. The molecule has 0 aliphatic carbocycles. The number of benzene rings is 3. The second-order valence-corrected chi connectivity index (χ2v) is 12.1. The summed E-state index contributed by atoms with van der Waals surface area (Å²) in [7, 11) is 0.902. The molecule has 1 aliphatic rings. The Hall–Kier alpha value is -3.50. The number of aromatic nitrogens is 2. The molecule has 1 aromatic heterocycles. The Morgan fingerprint density at radius 3 is 2.61 bits per heavy atom. The van der Waals surface area contributed by atoms with Crippen LogP contribution in [-0.2, 0) is 36.1 Å². The Bertz CT molecular complexity index is 1540. The normalized spacial score (nSPS) is 14.0. The van der Waals surface area contributed by atoms with Crippen molar-refractivity contribution < 1.29 is 8.42 Å². The van der Waals surface area contributed by atoms with Crippen molar-refractivity contribution >= 4 is 21.4 Å². The Morgan fingerprint density at radius 2 is 1.89 bits per heavy atom. The molecule has 0 fully saturated rings. The van der Waals surface area contributed by atoms with E-state index in [-0.39, 0.29) is 0 Å². The van der Waals surface area contributed by atoms with Crippen molar-refractivity contribution in [3.63, 3.8) is 0 Å². The maximum atomic E-state index is 12.0. The molecule has 0 spiro atoms. The lowest BCUT2D eigenvalue weighted by Crippen LogP contribution is -2.35. The van der Waals surface area contributed by atoms with E-state index in [1.54, 1.807) is 0 Å². The number of imidazole rings is 1. The molecule has 3 aromatic carbocycles. The summed E-state index contributed by atoms with van der Waals surface area (Å²) in [4.78, 5) is 10.3. The van der Waals surface area contributed by atoms with Crippen molar-refractivity contribution in [2.24, 2.45) is 5.73 Å². The highest BCUT2D eigenvalue weighted by atomic mass is 32.2. The van der Waals surface area contributed by atoms with E-state index in [1.165, 1.54) is 16.1 Å². The molecule has 9 heteroatoms. The van der Waals surface area contributed by atoms with Crippen LogP contribution in [0.2, 0.25) is 0 Å². The molecule has 0 radical (unpaired) electrons. The van der Waals surface area contributed by atoms with Crippen molar-refractivity contribution in [3.8, 4) is 22.6 Å². The number of H-pyrrole nitrogens is 1. The van der Waals surface area contributed by atoms with Crippen LogP contribution >= 0.6 is 0 Å². The van der Waals surface area contributed by atoms with Gasteiger partial charge in [0.1, 0.15) is 5.82 Å². The van der Waals surface area contributed by atoms with Crippen molar-refractivity contribution in [3.05, 3.63) is 89.1 Å². The quantitative estimate of drug-likeness (QED) is 0.313. The first-order chi connectivity index (χ1) is 18.2. The summed E-state index contributed by atoms with van der Waals surface area (Å²) in [6.45, 7) is 2.17. The predicted molar refractivity (Wildman–Crippen MR) is 153 cm³/mol. The zero-order valence-electron chi connectivity index (χ0n) is 22.0. The van der Waals surface area contributed by atoms with Gasteiger partial charge in [-0.25, -0.2) is 13.4 Å². The summed E-state index contributed by atoms with van der Waals surface area (Å²) in [5, 5.41) is 3.55. The molecule has 0 saturated heterocycles. The first-order valence-electron chi connectivity index (χ1n) is 12.7. The van der Waals surface area contributed by atoms with Gasteiger partial charge in [-0.15, -0.1) is 0 Å². The molecular formula is C29H34N6O2S. The zero-order chi connectivity index (χ0) is 26.9. The fourth-order valence-electron chi connectivity index (χ4n) is 4.95. The van der Waals surface area contributed by atoms with Gasteiger partial charge in [0, 0.05) is 43.1 Å². The molecule has 0 amide bonds.